The van der Waals surface area contributed by atoms with Crippen molar-refractivity contribution in [2.24, 2.45) is 5.41 Å². The van der Waals surface area contributed by atoms with Gasteiger partial charge in [0.15, 0.2) is 8.32 Å². The number of halogens is 2. The molecule has 14 heavy (non-hydrogen) atoms. The molecule has 0 amide bonds. The highest BCUT2D eigenvalue weighted by molar-refractivity contribution is 14.2. The van der Waals surface area contributed by atoms with E-state index in [2.05, 4.69) is 85.6 Å². The van der Waals surface area contributed by atoms with Gasteiger partial charge in [0.2, 0.25) is 0 Å². The lowest BCUT2D eigenvalue weighted by Crippen LogP contribution is -2.40. The van der Waals surface area contributed by atoms with Gasteiger partial charge in [0.1, 0.15) is 0 Å². The molecule has 1 nitrogen and oxygen atoms in total. The minimum Gasteiger partial charge on any atom is -0.414 e. The molecule has 0 saturated carbocycles. The Kier molecular flexibility index (Phi) is 6.49. The Hall–Kier alpha value is 1.64. The van der Waals surface area contributed by atoms with Crippen LogP contribution in [0.5, 0.6) is 0 Å². The van der Waals surface area contributed by atoms with E-state index >= 15 is 0 Å². The van der Waals surface area contributed by atoms with Crippen molar-refractivity contribution in [2.75, 3.05) is 0 Å². The van der Waals surface area contributed by atoms with E-state index in [1.165, 1.54) is 0 Å². The highest BCUT2D eigenvalue weighted by Crippen LogP contribution is 2.32. The van der Waals surface area contributed by atoms with E-state index in [9.17, 15) is 0 Å². The van der Waals surface area contributed by atoms with Crippen molar-refractivity contribution in [1.29, 1.82) is 0 Å². The van der Waals surface area contributed by atoms with E-state index in [1.54, 1.807) is 0 Å². The summed E-state index contributed by atoms with van der Waals surface area (Å²) < 4.78 is 6.90. The van der Waals surface area contributed by atoms with Crippen molar-refractivity contribution in [3.8, 4) is 0 Å². The molecule has 0 rings (SSSR count). The van der Waals surface area contributed by atoms with E-state index in [1.807, 2.05) is 0 Å². The molecule has 0 aromatic rings. The molecule has 0 bridgehead atoms. The standard InChI is InChI=1S/C10H22I2OSi/c1-10(2,3)8(7-9(11)12)13-14(4,5)6/h8-9H,7H2,1-6H3. The van der Waals surface area contributed by atoms with Gasteiger partial charge in [0.25, 0.3) is 0 Å². The Bertz CT molecular complexity index is 170. The van der Waals surface area contributed by atoms with Gasteiger partial charge in [-0.05, 0) is 31.5 Å². The first kappa shape index (κ1) is 15.6. The summed E-state index contributed by atoms with van der Waals surface area (Å²) >= 11 is 4.94. The van der Waals surface area contributed by atoms with Crippen molar-refractivity contribution >= 4 is 53.5 Å². The number of alkyl halides is 2. The van der Waals surface area contributed by atoms with E-state index in [-0.39, 0.29) is 5.41 Å². The zero-order valence-corrected chi connectivity index (χ0v) is 15.3. The zero-order chi connectivity index (χ0) is 11.6. The van der Waals surface area contributed by atoms with E-state index in [4.69, 9.17) is 4.43 Å². The second kappa shape index (κ2) is 5.81. The van der Waals surface area contributed by atoms with Gasteiger partial charge in [-0.2, -0.15) is 0 Å². The third kappa shape index (κ3) is 7.87. The van der Waals surface area contributed by atoms with Crippen LogP contribution in [0.1, 0.15) is 27.2 Å². The number of hydrogen-bond donors (Lipinski definition) is 0. The first-order chi connectivity index (χ1) is 6.02. The predicted molar refractivity (Wildman–Crippen MR) is 84.1 cm³/mol. The van der Waals surface area contributed by atoms with Crippen molar-refractivity contribution in [3.05, 3.63) is 0 Å². The highest BCUT2D eigenvalue weighted by Gasteiger charge is 2.31. The van der Waals surface area contributed by atoms with Crippen LogP contribution in [0.4, 0.5) is 0 Å². The molecule has 0 aliphatic carbocycles. The lowest BCUT2D eigenvalue weighted by atomic mass is 9.88. The SMILES string of the molecule is CC(C)(C)C(CC(I)I)O[Si](C)(C)C. The van der Waals surface area contributed by atoms with Crippen LogP contribution in [0.2, 0.25) is 19.6 Å². The van der Waals surface area contributed by atoms with Crippen molar-refractivity contribution < 1.29 is 4.43 Å². The lowest BCUT2D eigenvalue weighted by molar-refractivity contribution is 0.0774. The van der Waals surface area contributed by atoms with Crippen LogP contribution >= 0.6 is 45.2 Å². The van der Waals surface area contributed by atoms with E-state index < -0.39 is 8.32 Å². The summed E-state index contributed by atoms with van der Waals surface area (Å²) in [7, 11) is -1.40. The fourth-order valence-electron chi connectivity index (χ4n) is 1.17. The van der Waals surface area contributed by atoms with Crippen molar-refractivity contribution in [1.82, 2.24) is 0 Å². The Morgan fingerprint density at radius 2 is 1.57 bits per heavy atom. The monoisotopic (exact) mass is 440 g/mol. The molecule has 86 valence electrons. The van der Waals surface area contributed by atoms with Gasteiger partial charge in [0.05, 0.1) is 8.04 Å². The molecule has 0 fully saturated rings. The van der Waals surface area contributed by atoms with Crippen LogP contribution in [0.25, 0.3) is 0 Å². The molecule has 0 saturated heterocycles. The zero-order valence-electron chi connectivity index (χ0n) is 10.0. The van der Waals surface area contributed by atoms with Crippen LogP contribution in [-0.4, -0.2) is 16.4 Å². The maximum absolute atomic E-state index is 6.24. The molecule has 0 radical (unpaired) electrons. The fraction of sp³-hybridized carbons (Fsp3) is 1.00. The molecule has 1 atom stereocenters. The summed E-state index contributed by atoms with van der Waals surface area (Å²) in [5.74, 6) is 0. The summed E-state index contributed by atoms with van der Waals surface area (Å²) in [6.45, 7) is 13.6. The topological polar surface area (TPSA) is 9.23 Å². The molecular weight excluding hydrogens is 418 g/mol. The van der Waals surface area contributed by atoms with Crippen molar-refractivity contribution in [3.63, 3.8) is 0 Å². The van der Waals surface area contributed by atoms with Gasteiger partial charge >= 0.3 is 0 Å². The molecule has 0 aromatic carbocycles. The molecule has 0 N–H and O–H groups in total. The first-order valence-electron chi connectivity index (χ1n) is 4.98. The van der Waals surface area contributed by atoms with Gasteiger partial charge < -0.3 is 4.43 Å². The second-order valence-corrected chi connectivity index (χ2v) is 15.6. The smallest absolute Gasteiger partial charge is 0.184 e. The van der Waals surface area contributed by atoms with Crippen molar-refractivity contribution in [2.45, 2.75) is 54.9 Å². The third-order valence-electron chi connectivity index (χ3n) is 1.85. The van der Waals surface area contributed by atoms with Gasteiger partial charge in [-0.15, -0.1) is 0 Å². The molecule has 0 aliphatic rings. The highest BCUT2D eigenvalue weighted by atomic mass is 127. The summed E-state index contributed by atoms with van der Waals surface area (Å²) in [5.41, 5.74) is 0.259. The Morgan fingerprint density at radius 3 is 1.79 bits per heavy atom. The minimum atomic E-state index is -1.40. The largest absolute Gasteiger partial charge is 0.414 e. The van der Waals surface area contributed by atoms with Gasteiger partial charge in [-0.3, -0.25) is 0 Å². The number of rotatable bonds is 4. The maximum atomic E-state index is 6.24. The second-order valence-electron chi connectivity index (χ2n) is 5.71. The minimum absolute atomic E-state index is 0.259. The predicted octanol–water partition coefficient (Wildman–Crippen LogP) is 4.84. The van der Waals surface area contributed by atoms with Gasteiger partial charge in [0, 0.05) is 0 Å². The molecule has 0 spiro atoms. The molecule has 0 heterocycles. The molecule has 0 aromatic heterocycles. The fourth-order valence-corrected chi connectivity index (χ4v) is 3.39. The average Bonchev–Trinajstić information content (AvgIpc) is 1.78. The van der Waals surface area contributed by atoms with Crippen LogP contribution in [0, 0.1) is 5.41 Å². The van der Waals surface area contributed by atoms with Crippen LogP contribution in [-0.2, 0) is 4.43 Å². The Balaban J connectivity index is 4.42. The Labute approximate surface area is 117 Å². The lowest BCUT2D eigenvalue weighted by Gasteiger charge is -2.36. The normalized spacial score (nSPS) is 16.1. The summed E-state index contributed by atoms with van der Waals surface area (Å²) in [6.07, 6.45) is 1.54. The molecule has 1 unspecified atom stereocenters. The molecular formula is C10H22I2OSi. The van der Waals surface area contributed by atoms with Gasteiger partial charge in [-0.1, -0.05) is 66.0 Å². The maximum Gasteiger partial charge on any atom is 0.184 e. The Morgan fingerprint density at radius 1 is 1.14 bits per heavy atom. The number of hydrogen-bond acceptors (Lipinski definition) is 1. The molecule has 0 aliphatic heterocycles. The average molecular weight is 440 g/mol. The van der Waals surface area contributed by atoms with Crippen LogP contribution in [0.15, 0.2) is 0 Å². The summed E-state index contributed by atoms with van der Waals surface area (Å²) in [4.78, 5) is 0. The van der Waals surface area contributed by atoms with Crippen LogP contribution < -0.4 is 0 Å². The summed E-state index contributed by atoms with van der Waals surface area (Å²) in [6, 6.07) is 0. The third-order valence-corrected chi connectivity index (χ3v) is 3.86. The quantitative estimate of drug-likeness (QED) is 0.346. The molecule has 4 heteroatoms. The van der Waals surface area contributed by atoms with E-state index in [0.717, 1.165) is 6.42 Å². The summed E-state index contributed by atoms with van der Waals surface area (Å²) in [5, 5.41) is 0. The van der Waals surface area contributed by atoms with E-state index in [0.29, 0.717) is 8.04 Å². The first-order valence-corrected chi connectivity index (χ1v) is 10.9. The van der Waals surface area contributed by atoms with Gasteiger partial charge in [-0.25, -0.2) is 0 Å². The van der Waals surface area contributed by atoms with Crippen LogP contribution in [0.3, 0.4) is 0 Å².